The molecule has 1 aliphatic rings. The lowest BCUT2D eigenvalue weighted by Gasteiger charge is -2.12. The van der Waals surface area contributed by atoms with Gasteiger partial charge in [-0.05, 0) is 44.4 Å². The van der Waals surface area contributed by atoms with Crippen molar-refractivity contribution >= 4 is 17.8 Å². The number of hydrogen-bond acceptors (Lipinski definition) is 8. The van der Waals surface area contributed by atoms with Crippen LogP contribution in [-0.4, -0.2) is 40.8 Å². The molecule has 148 valence electrons. The fourth-order valence-corrected chi connectivity index (χ4v) is 2.75. The van der Waals surface area contributed by atoms with Crippen LogP contribution in [0, 0.1) is 0 Å². The van der Waals surface area contributed by atoms with Crippen LogP contribution >= 0.6 is 0 Å². The second-order valence-electron chi connectivity index (χ2n) is 6.23. The van der Waals surface area contributed by atoms with E-state index in [-0.39, 0.29) is 24.0 Å². The number of ether oxygens (including phenoxy) is 3. The number of carbonyl (C=O) groups excluding carboxylic acids is 1. The zero-order valence-corrected chi connectivity index (χ0v) is 15.8. The van der Waals surface area contributed by atoms with Crippen molar-refractivity contribution in [3.8, 4) is 11.8 Å². The summed E-state index contributed by atoms with van der Waals surface area (Å²) in [7, 11) is 0. The molecule has 3 N–H and O–H groups in total. The minimum atomic E-state index is -0.645. The topological polar surface area (TPSA) is 121 Å². The average Bonchev–Trinajstić information content (AvgIpc) is 3.00. The number of amidine groups is 1. The van der Waals surface area contributed by atoms with E-state index in [1.807, 2.05) is 38.1 Å². The lowest BCUT2D eigenvalue weighted by molar-refractivity contribution is 0.205. The molecule has 2 heterocycles. The lowest BCUT2D eigenvalue weighted by atomic mass is 10.0. The molecule has 3 rings (SSSR count). The van der Waals surface area contributed by atoms with E-state index in [4.69, 9.17) is 19.9 Å². The Morgan fingerprint density at radius 2 is 1.93 bits per heavy atom. The van der Waals surface area contributed by atoms with Crippen LogP contribution in [0.5, 0.6) is 11.8 Å². The van der Waals surface area contributed by atoms with Gasteiger partial charge >= 0.3 is 6.09 Å². The highest BCUT2D eigenvalue weighted by Gasteiger charge is 2.25. The number of aryl methyl sites for hydroxylation is 1. The SMILES string of the molecule is CCOc1cnc(OC(=O)Nc2ccc(CC[C@@H]3N=C(N)O[C@H]3C)cc2)cn1. The number of aromatic nitrogens is 2. The maximum Gasteiger partial charge on any atom is 0.418 e. The first-order valence-corrected chi connectivity index (χ1v) is 9.06. The van der Waals surface area contributed by atoms with Gasteiger partial charge in [0.1, 0.15) is 6.10 Å². The molecule has 0 spiro atoms. The van der Waals surface area contributed by atoms with Gasteiger partial charge in [-0.15, -0.1) is 0 Å². The first kappa shape index (κ1) is 19.4. The van der Waals surface area contributed by atoms with E-state index in [1.165, 1.54) is 12.4 Å². The Labute approximate surface area is 162 Å². The highest BCUT2D eigenvalue weighted by atomic mass is 16.6. The standard InChI is InChI=1S/C19H23N5O4/c1-3-26-16-10-22-17(11-21-16)28-19(25)23-14-7-4-13(5-8-14)6-9-15-12(2)27-18(20)24-15/h4-5,7-8,10-12,15H,3,6,9H2,1-2H3,(H2,20,24)(H,23,25)/t12-,15-/m0/s1. The number of rotatable bonds is 7. The molecular formula is C19H23N5O4. The molecule has 2 aromatic rings. The molecule has 0 fully saturated rings. The summed E-state index contributed by atoms with van der Waals surface area (Å²) in [6.45, 7) is 4.29. The quantitative estimate of drug-likeness (QED) is 0.751. The second kappa shape index (κ2) is 9.03. The molecule has 0 aliphatic carbocycles. The van der Waals surface area contributed by atoms with Crippen LogP contribution in [0.3, 0.4) is 0 Å². The molecule has 0 saturated carbocycles. The summed E-state index contributed by atoms with van der Waals surface area (Å²) in [4.78, 5) is 24.2. The smallest absolute Gasteiger partial charge is 0.418 e. The minimum absolute atomic E-state index is 0.00131. The van der Waals surface area contributed by atoms with Gasteiger partial charge in [-0.2, -0.15) is 0 Å². The minimum Gasteiger partial charge on any atom is -0.477 e. The predicted octanol–water partition coefficient (Wildman–Crippen LogP) is 2.52. The summed E-state index contributed by atoms with van der Waals surface area (Å²) in [5.41, 5.74) is 7.33. The highest BCUT2D eigenvalue weighted by Crippen LogP contribution is 2.19. The molecule has 9 nitrogen and oxygen atoms in total. The average molecular weight is 385 g/mol. The number of amides is 1. The number of nitrogens with two attached hydrogens (primary N) is 1. The Morgan fingerprint density at radius 3 is 2.54 bits per heavy atom. The Hall–Kier alpha value is -3.36. The molecule has 1 aliphatic heterocycles. The van der Waals surface area contributed by atoms with E-state index in [9.17, 15) is 4.79 Å². The number of nitrogens with one attached hydrogen (secondary N) is 1. The van der Waals surface area contributed by atoms with Crippen molar-refractivity contribution in [3.63, 3.8) is 0 Å². The molecule has 9 heteroatoms. The van der Waals surface area contributed by atoms with Crippen LogP contribution in [0.4, 0.5) is 10.5 Å². The van der Waals surface area contributed by atoms with Crippen molar-refractivity contribution in [1.29, 1.82) is 0 Å². The maximum absolute atomic E-state index is 12.0. The summed E-state index contributed by atoms with van der Waals surface area (Å²) in [5.74, 6) is 0.461. The number of aliphatic imine (C=N–C) groups is 1. The molecule has 0 radical (unpaired) electrons. The molecule has 0 unspecified atom stereocenters. The van der Waals surface area contributed by atoms with Gasteiger partial charge in [0, 0.05) is 5.69 Å². The van der Waals surface area contributed by atoms with Crippen molar-refractivity contribution in [3.05, 3.63) is 42.2 Å². The molecule has 1 aromatic heterocycles. The van der Waals surface area contributed by atoms with Crippen molar-refractivity contribution in [2.75, 3.05) is 11.9 Å². The van der Waals surface area contributed by atoms with E-state index in [0.717, 1.165) is 18.4 Å². The Bertz CT molecular complexity index is 823. The van der Waals surface area contributed by atoms with Gasteiger partial charge in [-0.3, -0.25) is 5.32 Å². The Morgan fingerprint density at radius 1 is 1.21 bits per heavy atom. The summed E-state index contributed by atoms with van der Waals surface area (Å²) >= 11 is 0. The van der Waals surface area contributed by atoms with Gasteiger partial charge in [-0.1, -0.05) is 12.1 Å². The monoisotopic (exact) mass is 385 g/mol. The van der Waals surface area contributed by atoms with Crippen molar-refractivity contribution in [2.24, 2.45) is 10.7 Å². The van der Waals surface area contributed by atoms with E-state index in [0.29, 0.717) is 18.2 Å². The van der Waals surface area contributed by atoms with Crippen LogP contribution in [-0.2, 0) is 11.2 Å². The molecule has 0 saturated heterocycles. The van der Waals surface area contributed by atoms with Crippen LogP contribution in [0.25, 0.3) is 0 Å². The molecule has 2 atom stereocenters. The number of carbonyl (C=O) groups is 1. The second-order valence-corrected chi connectivity index (χ2v) is 6.23. The van der Waals surface area contributed by atoms with Gasteiger partial charge < -0.3 is 19.9 Å². The van der Waals surface area contributed by atoms with Crippen molar-refractivity contribution in [2.45, 2.75) is 38.8 Å². The predicted molar refractivity (Wildman–Crippen MR) is 104 cm³/mol. The summed E-state index contributed by atoms with van der Waals surface area (Å²) < 4.78 is 15.6. The summed E-state index contributed by atoms with van der Waals surface area (Å²) in [6.07, 6.45) is 3.76. The normalized spacial score (nSPS) is 18.1. The van der Waals surface area contributed by atoms with Crippen LogP contribution in [0.2, 0.25) is 0 Å². The van der Waals surface area contributed by atoms with Crippen LogP contribution < -0.4 is 20.5 Å². The van der Waals surface area contributed by atoms with Gasteiger partial charge in [0.05, 0.1) is 25.0 Å². The van der Waals surface area contributed by atoms with Crippen LogP contribution in [0.15, 0.2) is 41.7 Å². The summed E-state index contributed by atoms with van der Waals surface area (Å²) in [5, 5.41) is 2.65. The first-order valence-electron chi connectivity index (χ1n) is 9.06. The molecule has 1 amide bonds. The Kier molecular flexibility index (Phi) is 6.25. The fraction of sp³-hybridized carbons (Fsp3) is 0.368. The highest BCUT2D eigenvalue weighted by molar-refractivity contribution is 5.86. The summed E-state index contributed by atoms with van der Waals surface area (Å²) in [6, 6.07) is 7.84. The van der Waals surface area contributed by atoms with Gasteiger partial charge in [-0.25, -0.2) is 19.8 Å². The van der Waals surface area contributed by atoms with Crippen molar-refractivity contribution < 1.29 is 19.0 Å². The number of anilines is 1. The fourth-order valence-electron chi connectivity index (χ4n) is 2.75. The van der Waals surface area contributed by atoms with E-state index in [1.54, 1.807) is 0 Å². The molecule has 1 aromatic carbocycles. The first-order chi connectivity index (χ1) is 13.5. The lowest BCUT2D eigenvalue weighted by Crippen LogP contribution is -2.20. The van der Waals surface area contributed by atoms with Crippen molar-refractivity contribution in [1.82, 2.24) is 9.97 Å². The zero-order valence-electron chi connectivity index (χ0n) is 15.8. The molecular weight excluding hydrogens is 362 g/mol. The number of nitrogens with zero attached hydrogens (tertiary/aromatic N) is 3. The van der Waals surface area contributed by atoms with Gasteiger partial charge in [0.25, 0.3) is 6.02 Å². The zero-order chi connectivity index (χ0) is 19.9. The van der Waals surface area contributed by atoms with Gasteiger partial charge in [0.15, 0.2) is 0 Å². The molecule has 0 bridgehead atoms. The van der Waals surface area contributed by atoms with E-state index in [2.05, 4.69) is 20.3 Å². The third-order valence-electron chi connectivity index (χ3n) is 4.16. The molecule has 28 heavy (non-hydrogen) atoms. The van der Waals surface area contributed by atoms with Gasteiger partial charge in [0.2, 0.25) is 11.8 Å². The largest absolute Gasteiger partial charge is 0.477 e. The Balaban J connectivity index is 1.47. The van der Waals surface area contributed by atoms with E-state index < -0.39 is 6.09 Å². The number of hydrogen-bond donors (Lipinski definition) is 2. The van der Waals surface area contributed by atoms with E-state index >= 15 is 0 Å². The maximum atomic E-state index is 12.0. The van der Waals surface area contributed by atoms with Crippen LogP contribution in [0.1, 0.15) is 25.8 Å². The third kappa shape index (κ3) is 5.32. The number of benzene rings is 1. The third-order valence-corrected chi connectivity index (χ3v) is 4.16.